The van der Waals surface area contributed by atoms with Crippen molar-refractivity contribution in [3.8, 4) is 0 Å². The van der Waals surface area contributed by atoms with Gasteiger partial charge in [0.05, 0.1) is 0 Å². The van der Waals surface area contributed by atoms with E-state index in [4.69, 9.17) is 10.9 Å². The summed E-state index contributed by atoms with van der Waals surface area (Å²) in [6.45, 7) is 9.64. The fourth-order valence-corrected chi connectivity index (χ4v) is 1.86. The molecule has 3 N–H and O–H groups in total. The van der Waals surface area contributed by atoms with E-state index in [1.807, 2.05) is 0 Å². The Kier molecular flexibility index (Phi) is 7.13. The predicted molar refractivity (Wildman–Crippen MR) is 64.2 cm³/mol. The van der Waals surface area contributed by atoms with Crippen LogP contribution in [0.2, 0.25) is 0 Å². The molecule has 0 aromatic carbocycles. The molecule has 0 bridgehead atoms. The average Bonchev–Trinajstić information content (AvgIpc) is 2.17. The van der Waals surface area contributed by atoms with Gasteiger partial charge in [0.1, 0.15) is 5.84 Å². The van der Waals surface area contributed by atoms with Gasteiger partial charge in [-0.25, -0.2) is 0 Å². The highest BCUT2D eigenvalue weighted by Gasteiger charge is 2.16. The van der Waals surface area contributed by atoms with E-state index in [-0.39, 0.29) is 0 Å². The summed E-state index contributed by atoms with van der Waals surface area (Å²) in [4.78, 5) is 2.39. The van der Waals surface area contributed by atoms with Gasteiger partial charge in [0, 0.05) is 25.0 Å². The Bertz CT molecular complexity index is 192. The van der Waals surface area contributed by atoms with Crippen molar-refractivity contribution in [2.75, 3.05) is 6.54 Å². The minimum atomic E-state index is 0.310. The minimum absolute atomic E-state index is 0.310. The third kappa shape index (κ3) is 5.62. The summed E-state index contributed by atoms with van der Waals surface area (Å²) < 4.78 is 0. The maximum absolute atomic E-state index is 8.47. The average molecular weight is 215 g/mol. The molecule has 0 amide bonds. The standard InChI is InChI=1S/C11H25N3O/c1-5-6-10(4)14(9(2)3)8-7-11(12)13-15/h9-10,15H,5-8H2,1-4H3,(H2,12,13). The van der Waals surface area contributed by atoms with Crippen LogP contribution in [-0.2, 0) is 0 Å². The number of hydrogen-bond acceptors (Lipinski definition) is 3. The zero-order valence-electron chi connectivity index (χ0n) is 10.4. The number of nitrogens with zero attached hydrogens (tertiary/aromatic N) is 2. The molecule has 4 heteroatoms. The maximum Gasteiger partial charge on any atom is 0.140 e. The zero-order chi connectivity index (χ0) is 11.8. The maximum atomic E-state index is 8.47. The van der Waals surface area contributed by atoms with Crippen molar-refractivity contribution in [3.05, 3.63) is 0 Å². The molecule has 0 aromatic heterocycles. The van der Waals surface area contributed by atoms with Crippen molar-refractivity contribution in [1.29, 1.82) is 0 Å². The molecule has 90 valence electrons. The third-order valence-corrected chi connectivity index (χ3v) is 2.69. The summed E-state index contributed by atoms with van der Waals surface area (Å²) in [5, 5.41) is 11.5. The number of hydrogen-bond donors (Lipinski definition) is 2. The van der Waals surface area contributed by atoms with Crippen molar-refractivity contribution in [2.45, 2.75) is 59.0 Å². The lowest BCUT2D eigenvalue weighted by Crippen LogP contribution is -2.40. The summed E-state index contributed by atoms with van der Waals surface area (Å²) in [6, 6.07) is 1.06. The molecule has 0 saturated carbocycles. The molecule has 0 aromatic rings. The first-order valence-electron chi connectivity index (χ1n) is 5.75. The molecule has 0 saturated heterocycles. The Morgan fingerprint density at radius 3 is 2.40 bits per heavy atom. The monoisotopic (exact) mass is 215 g/mol. The molecule has 0 spiro atoms. The SMILES string of the molecule is CCCC(C)N(CCC(N)=NO)C(C)C. The predicted octanol–water partition coefficient (Wildman–Crippen LogP) is 2.02. The lowest BCUT2D eigenvalue weighted by Gasteiger charge is -2.32. The highest BCUT2D eigenvalue weighted by atomic mass is 16.4. The smallest absolute Gasteiger partial charge is 0.140 e. The number of oxime groups is 1. The Labute approximate surface area is 93.1 Å². The van der Waals surface area contributed by atoms with E-state index >= 15 is 0 Å². The first-order valence-corrected chi connectivity index (χ1v) is 5.75. The molecule has 0 heterocycles. The van der Waals surface area contributed by atoms with Gasteiger partial charge < -0.3 is 10.9 Å². The molecule has 0 rings (SSSR count). The fourth-order valence-electron chi connectivity index (χ4n) is 1.86. The molecule has 0 radical (unpaired) electrons. The minimum Gasteiger partial charge on any atom is -0.409 e. The summed E-state index contributed by atoms with van der Waals surface area (Å²) in [5.41, 5.74) is 5.47. The molecule has 0 aliphatic carbocycles. The third-order valence-electron chi connectivity index (χ3n) is 2.69. The zero-order valence-corrected chi connectivity index (χ0v) is 10.4. The van der Waals surface area contributed by atoms with Crippen LogP contribution in [0.3, 0.4) is 0 Å². The number of rotatable bonds is 7. The summed E-state index contributed by atoms with van der Waals surface area (Å²) in [6.07, 6.45) is 3.01. The van der Waals surface area contributed by atoms with E-state index in [1.165, 1.54) is 12.8 Å². The van der Waals surface area contributed by atoms with Gasteiger partial charge in [0.15, 0.2) is 0 Å². The largest absolute Gasteiger partial charge is 0.409 e. The van der Waals surface area contributed by atoms with E-state index in [2.05, 4.69) is 37.8 Å². The van der Waals surface area contributed by atoms with Crippen LogP contribution in [0.1, 0.15) is 47.0 Å². The van der Waals surface area contributed by atoms with Crippen LogP contribution in [0.15, 0.2) is 5.16 Å². The second kappa shape index (κ2) is 7.51. The van der Waals surface area contributed by atoms with Crippen LogP contribution in [0, 0.1) is 0 Å². The Hall–Kier alpha value is -0.770. The van der Waals surface area contributed by atoms with Crippen LogP contribution in [0.5, 0.6) is 0 Å². The Morgan fingerprint density at radius 1 is 1.40 bits per heavy atom. The van der Waals surface area contributed by atoms with Gasteiger partial charge >= 0.3 is 0 Å². The van der Waals surface area contributed by atoms with Crippen LogP contribution < -0.4 is 5.73 Å². The molecule has 15 heavy (non-hydrogen) atoms. The summed E-state index contributed by atoms with van der Waals surface area (Å²) >= 11 is 0. The van der Waals surface area contributed by atoms with Gasteiger partial charge in [-0.3, -0.25) is 4.90 Å². The Balaban J connectivity index is 4.15. The van der Waals surface area contributed by atoms with E-state index in [1.54, 1.807) is 0 Å². The second-order valence-corrected chi connectivity index (χ2v) is 4.31. The topological polar surface area (TPSA) is 61.8 Å². The van der Waals surface area contributed by atoms with Gasteiger partial charge in [-0.15, -0.1) is 0 Å². The highest BCUT2D eigenvalue weighted by molar-refractivity contribution is 5.79. The summed E-state index contributed by atoms with van der Waals surface area (Å²) in [5.74, 6) is 0.310. The van der Waals surface area contributed by atoms with Crippen LogP contribution in [-0.4, -0.2) is 34.6 Å². The molecule has 4 nitrogen and oxygen atoms in total. The fraction of sp³-hybridized carbons (Fsp3) is 0.909. The van der Waals surface area contributed by atoms with Gasteiger partial charge in [-0.1, -0.05) is 18.5 Å². The molecule has 0 aliphatic heterocycles. The van der Waals surface area contributed by atoms with Crippen molar-refractivity contribution >= 4 is 5.84 Å². The molecule has 0 aliphatic rings. The quantitative estimate of drug-likeness (QED) is 0.295. The van der Waals surface area contributed by atoms with Crippen molar-refractivity contribution in [3.63, 3.8) is 0 Å². The number of nitrogens with two attached hydrogens (primary N) is 1. The lowest BCUT2D eigenvalue weighted by atomic mass is 10.1. The first kappa shape index (κ1) is 14.2. The highest BCUT2D eigenvalue weighted by Crippen LogP contribution is 2.11. The first-order chi connectivity index (χ1) is 7.02. The van der Waals surface area contributed by atoms with Crippen LogP contribution in [0.25, 0.3) is 0 Å². The number of amidine groups is 1. The Morgan fingerprint density at radius 2 is 2.00 bits per heavy atom. The summed E-state index contributed by atoms with van der Waals surface area (Å²) in [7, 11) is 0. The molecular formula is C11H25N3O. The van der Waals surface area contributed by atoms with Crippen LogP contribution in [0.4, 0.5) is 0 Å². The molecular weight excluding hydrogens is 190 g/mol. The van der Waals surface area contributed by atoms with Gasteiger partial charge in [0.25, 0.3) is 0 Å². The van der Waals surface area contributed by atoms with Crippen LogP contribution >= 0.6 is 0 Å². The van der Waals surface area contributed by atoms with E-state index in [0.717, 1.165) is 6.54 Å². The van der Waals surface area contributed by atoms with Gasteiger partial charge in [-0.2, -0.15) is 0 Å². The van der Waals surface area contributed by atoms with Crippen molar-refractivity contribution < 1.29 is 5.21 Å². The van der Waals surface area contributed by atoms with Crippen molar-refractivity contribution in [2.24, 2.45) is 10.9 Å². The van der Waals surface area contributed by atoms with E-state index in [0.29, 0.717) is 24.3 Å². The van der Waals surface area contributed by atoms with E-state index < -0.39 is 0 Å². The van der Waals surface area contributed by atoms with E-state index in [9.17, 15) is 0 Å². The molecule has 1 atom stereocenters. The normalized spacial score (nSPS) is 14.9. The second-order valence-electron chi connectivity index (χ2n) is 4.31. The lowest BCUT2D eigenvalue weighted by molar-refractivity contribution is 0.160. The van der Waals surface area contributed by atoms with Gasteiger partial charge in [0.2, 0.25) is 0 Å². The molecule has 0 fully saturated rings. The van der Waals surface area contributed by atoms with Gasteiger partial charge in [-0.05, 0) is 27.2 Å². The molecule has 1 unspecified atom stereocenters. The van der Waals surface area contributed by atoms with Crippen molar-refractivity contribution in [1.82, 2.24) is 4.90 Å².